The molecule has 0 aliphatic heterocycles. The summed E-state index contributed by atoms with van der Waals surface area (Å²) in [5.41, 5.74) is 1.04. The number of hydrogen-bond acceptors (Lipinski definition) is 8. The maximum absolute atomic E-state index is 13.7. The van der Waals surface area contributed by atoms with E-state index in [2.05, 4.69) is 10.1 Å². The molecular weight excluding hydrogens is 595 g/mol. The van der Waals surface area contributed by atoms with Crippen LogP contribution < -0.4 is 15.0 Å². The molecule has 214 valence electrons. The van der Waals surface area contributed by atoms with Gasteiger partial charge in [-0.3, -0.25) is 14.9 Å². The maximum atomic E-state index is 13.7. The van der Waals surface area contributed by atoms with E-state index >= 15 is 0 Å². The average molecular weight is 615 g/mol. The van der Waals surface area contributed by atoms with E-state index in [0.29, 0.717) is 43.2 Å². The van der Waals surface area contributed by atoms with Crippen molar-refractivity contribution in [3.8, 4) is 23.1 Å². The van der Waals surface area contributed by atoms with Crippen molar-refractivity contribution in [3.63, 3.8) is 0 Å². The third-order valence-electron chi connectivity index (χ3n) is 6.64. The lowest BCUT2D eigenvalue weighted by Crippen LogP contribution is -2.20. The smallest absolute Gasteiger partial charge is 0.311 e. The summed E-state index contributed by atoms with van der Waals surface area (Å²) in [4.78, 5) is 29.7. The number of hydrogen-bond donors (Lipinski definition) is 0. The molecule has 0 amide bonds. The fourth-order valence-electron chi connectivity index (χ4n) is 4.57. The molecule has 0 saturated carbocycles. The first kappa shape index (κ1) is 28.0. The van der Waals surface area contributed by atoms with Crippen LogP contribution in [0.25, 0.3) is 33.5 Å². The quantitative estimate of drug-likeness (QED) is 0.0988. The van der Waals surface area contributed by atoms with Gasteiger partial charge in [0.1, 0.15) is 17.9 Å². The Hall–Kier alpha value is -5.19. The number of fused-ring (bicyclic) bond motifs is 2. The van der Waals surface area contributed by atoms with Crippen molar-refractivity contribution in [3.05, 3.63) is 127 Å². The van der Waals surface area contributed by atoms with Crippen LogP contribution in [0.4, 0.5) is 5.69 Å². The van der Waals surface area contributed by atoms with Crippen molar-refractivity contribution >= 4 is 57.0 Å². The second-order valence-corrected chi connectivity index (χ2v) is 10.1. The Morgan fingerprint density at radius 3 is 2.63 bits per heavy atom. The summed E-state index contributed by atoms with van der Waals surface area (Å²) in [6.45, 7) is -0.0781. The van der Waals surface area contributed by atoms with Crippen molar-refractivity contribution in [2.24, 2.45) is 5.10 Å². The second kappa shape index (κ2) is 11.6. The summed E-state index contributed by atoms with van der Waals surface area (Å²) in [5, 5.41) is 18.1. The fraction of sp³-hybridized carbons (Fsp3) is 0.0645. The van der Waals surface area contributed by atoms with E-state index in [4.69, 9.17) is 37.1 Å². The first-order chi connectivity index (χ1) is 20.8. The number of nitrogens with zero attached hydrogens (tertiary/aromatic N) is 4. The minimum absolute atomic E-state index is 0.0564. The molecule has 2 heterocycles. The molecular formula is C31H20Cl2N4O6. The van der Waals surface area contributed by atoms with Gasteiger partial charge in [-0.15, -0.1) is 0 Å². The average Bonchev–Trinajstić information content (AvgIpc) is 3.45. The maximum Gasteiger partial charge on any atom is 0.311 e. The van der Waals surface area contributed by atoms with E-state index in [9.17, 15) is 14.9 Å². The molecule has 0 saturated heterocycles. The van der Waals surface area contributed by atoms with E-state index < -0.39 is 10.5 Å². The number of halogens is 2. The van der Waals surface area contributed by atoms with Gasteiger partial charge in [0.25, 0.3) is 5.56 Å². The number of nitro benzene ring substituents is 1. The van der Waals surface area contributed by atoms with E-state index in [1.54, 1.807) is 79.9 Å². The van der Waals surface area contributed by atoms with Crippen LogP contribution in [0.2, 0.25) is 10.0 Å². The predicted octanol–water partition coefficient (Wildman–Crippen LogP) is 7.49. The molecule has 0 unspecified atom stereocenters. The molecule has 0 fully saturated rings. The van der Waals surface area contributed by atoms with Gasteiger partial charge in [-0.05, 0) is 48.5 Å². The zero-order valence-electron chi connectivity index (χ0n) is 22.4. The SMILES string of the molecule is COc1cccc2oc(-c3nc4ccccc4c(=O)n3N=Cc3cccc([N+](=O)[O-])c3OCc3ccc(Cl)cc3Cl)cc12. The Morgan fingerprint density at radius 1 is 1.02 bits per heavy atom. The van der Waals surface area contributed by atoms with Crippen LogP contribution in [0.5, 0.6) is 11.5 Å². The molecule has 6 aromatic rings. The molecule has 0 atom stereocenters. The number of aromatic nitrogens is 2. The van der Waals surface area contributed by atoms with Gasteiger partial charge in [0.05, 0.1) is 34.5 Å². The van der Waals surface area contributed by atoms with Crippen molar-refractivity contribution < 1.29 is 18.8 Å². The number of furan rings is 1. The molecule has 4 aromatic carbocycles. The number of para-hydroxylation sites is 2. The predicted molar refractivity (Wildman–Crippen MR) is 165 cm³/mol. The second-order valence-electron chi connectivity index (χ2n) is 9.27. The molecule has 0 radical (unpaired) electrons. The zero-order valence-corrected chi connectivity index (χ0v) is 23.9. The van der Waals surface area contributed by atoms with Crippen molar-refractivity contribution in [2.45, 2.75) is 6.61 Å². The van der Waals surface area contributed by atoms with Crippen LogP contribution in [0.3, 0.4) is 0 Å². The highest BCUT2D eigenvalue weighted by Crippen LogP contribution is 2.34. The molecule has 43 heavy (non-hydrogen) atoms. The van der Waals surface area contributed by atoms with E-state index in [1.807, 2.05) is 0 Å². The first-order valence-electron chi connectivity index (χ1n) is 12.8. The minimum Gasteiger partial charge on any atom is -0.496 e. The molecule has 0 aliphatic carbocycles. The molecule has 12 heteroatoms. The third-order valence-corrected chi connectivity index (χ3v) is 7.22. The lowest BCUT2D eigenvalue weighted by molar-refractivity contribution is -0.385. The molecule has 0 spiro atoms. The first-order valence-corrected chi connectivity index (χ1v) is 13.6. The molecule has 10 nitrogen and oxygen atoms in total. The molecule has 6 rings (SSSR count). The monoisotopic (exact) mass is 614 g/mol. The topological polar surface area (TPSA) is 122 Å². The summed E-state index contributed by atoms with van der Waals surface area (Å²) in [5.74, 6) is 0.926. The molecule has 0 bridgehead atoms. The van der Waals surface area contributed by atoms with Crippen LogP contribution in [0.1, 0.15) is 11.1 Å². The largest absolute Gasteiger partial charge is 0.496 e. The highest BCUT2D eigenvalue weighted by atomic mass is 35.5. The Balaban J connectivity index is 1.48. The summed E-state index contributed by atoms with van der Waals surface area (Å²) in [7, 11) is 1.55. The Bertz CT molecular complexity index is 2120. The Morgan fingerprint density at radius 2 is 1.84 bits per heavy atom. The lowest BCUT2D eigenvalue weighted by atomic mass is 10.2. The molecule has 0 N–H and O–H groups in total. The Kier molecular flexibility index (Phi) is 7.54. The number of rotatable bonds is 8. The molecule has 2 aromatic heterocycles. The van der Waals surface area contributed by atoms with Crippen LogP contribution in [0.15, 0.2) is 99.2 Å². The normalized spacial score (nSPS) is 11.4. The van der Waals surface area contributed by atoms with Gasteiger partial charge < -0.3 is 13.9 Å². The summed E-state index contributed by atoms with van der Waals surface area (Å²) in [6.07, 6.45) is 1.30. The third kappa shape index (κ3) is 5.41. The van der Waals surface area contributed by atoms with E-state index in [0.717, 1.165) is 4.68 Å². The minimum atomic E-state index is -0.562. The van der Waals surface area contributed by atoms with E-state index in [1.165, 1.54) is 18.3 Å². The van der Waals surface area contributed by atoms with Crippen molar-refractivity contribution in [1.29, 1.82) is 0 Å². The summed E-state index contributed by atoms with van der Waals surface area (Å²) in [6, 6.07) is 23.2. The number of nitro groups is 1. The van der Waals surface area contributed by atoms with Crippen LogP contribution >= 0.6 is 23.2 Å². The van der Waals surface area contributed by atoms with Crippen LogP contribution in [-0.4, -0.2) is 27.9 Å². The highest BCUT2D eigenvalue weighted by molar-refractivity contribution is 6.35. The van der Waals surface area contributed by atoms with Gasteiger partial charge in [0.2, 0.25) is 11.6 Å². The van der Waals surface area contributed by atoms with Gasteiger partial charge in [0.15, 0.2) is 5.76 Å². The number of methoxy groups -OCH3 is 1. The fourth-order valence-corrected chi connectivity index (χ4v) is 5.03. The van der Waals surface area contributed by atoms with Gasteiger partial charge in [0, 0.05) is 27.2 Å². The number of benzene rings is 4. The lowest BCUT2D eigenvalue weighted by Gasteiger charge is -2.11. The number of ether oxygens (including phenoxy) is 2. The van der Waals surface area contributed by atoms with Gasteiger partial charge in [-0.2, -0.15) is 9.78 Å². The summed E-state index contributed by atoms with van der Waals surface area (Å²) < 4.78 is 18.5. The zero-order chi connectivity index (χ0) is 30.1. The van der Waals surface area contributed by atoms with E-state index in [-0.39, 0.29) is 35.2 Å². The highest BCUT2D eigenvalue weighted by Gasteiger charge is 2.21. The standard InChI is InChI=1S/C31H20Cl2N4O6/c1-41-26-10-5-11-27-22(26)15-28(43-27)30-35-24-8-3-2-7-21(24)31(38)36(30)34-16-18-6-4-9-25(37(39)40)29(18)42-17-19-12-13-20(32)14-23(19)33/h2-16H,17H2,1H3. The van der Waals surface area contributed by atoms with Gasteiger partial charge >= 0.3 is 5.69 Å². The van der Waals surface area contributed by atoms with Crippen molar-refractivity contribution in [2.75, 3.05) is 7.11 Å². The van der Waals surface area contributed by atoms with Crippen LogP contribution in [0, 0.1) is 10.1 Å². The van der Waals surface area contributed by atoms with Gasteiger partial charge in [-0.1, -0.05) is 53.5 Å². The summed E-state index contributed by atoms with van der Waals surface area (Å²) >= 11 is 12.3. The Labute approximate surface area is 253 Å². The van der Waals surface area contributed by atoms with Crippen molar-refractivity contribution in [1.82, 2.24) is 9.66 Å². The van der Waals surface area contributed by atoms with Crippen LogP contribution in [-0.2, 0) is 6.61 Å². The van der Waals surface area contributed by atoms with Gasteiger partial charge in [-0.25, -0.2) is 4.98 Å². The molecule has 0 aliphatic rings.